The number of aliphatic hydroxyl groups is 1. The third-order valence-electron chi connectivity index (χ3n) is 2.83. The van der Waals surface area contributed by atoms with Crippen LogP contribution in [0.25, 0.3) is 0 Å². The molecule has 0 spiro atoms. The number of carbonyl (C=O) groups excluding carboxylic acids is 1. The topological polar surface area (TPSA) is 54.3 Å². The van der Waals surface area contributed by atoms with Crippen LogP contribution in [0.3, 0.4) is 0 Å². The molecular formula is C13H20Cl2N2O2. The Morgan fingerprint density at radius 1 is 1.53 bits per heavy atom. The van der Waals surface area contributed by atoms with Crippen molar-refractivity contribution in [2.45, 2.75) is 32.8 Å². The van der Waals surface area contributed by atoms with Crippen molar-refractivity contribution in [3.8, 4) is 0 Å². The van der Waals surface area contributed by atoms with Crippen LogP contribution in [0.4, 0.5) is 0 Å². The Morgan fingerprint density at radius 3 is 2.53 bits per heavy atom. The smallest absolute Gasteiger partial charge is 0.268 e. The summed E-state index contributed by atoms with van der Waals surface area (Å²) in [6, 6.07) is 1.51. The number of hydrogen-bond acceptors (Lipinski definition) is 2. The molecule has 2 N–H and O–H groups in total. The minimum Gasteiger partial charge on any atom is -0.388 e. The lowest BCUT2D eigenvalue weighted by Gasteiger charge is -2.25. The summed E-state index contributed by atoms with van der Waals surface area (Å²) in [7, 11) is 1.66. The molecule has 1 rings (SSSR count). The number of hydrogen-bond donors (Lipinski definition) is 2. The monoisotopic (exact) mass is 306 g/mol. The summed E-state index contributed by atoms with van der Waals surface area (Å²) in [5.41, 5.74) is -0.557. The van der Waals surface area contributed by atoms with Crippen molar-refractivity contribution in [1.82, 2.24) is 9.88 Å². The number of nitrogens with zero attached hydrogens (tertiary/aromatic N) is 1. The summed E-state index contributed by atoms with van der Waals surface area (Å²) >= 11 is 11.8. The molecule has 0 saturated heterocycles. The molecule has 1 heterocycles. The van der Waals surface area contributed by atoms with Gasteiger partial charge in [0.2, 0.25) is 0 Å². The second kappa shape index (κ2) is 6.16. The maximum atomic E-state index is 12.0. The van der Waals surface area contributed by atoms with E-state index in [1.807, 2.05) is 13.8 Å². The normalized spacial score (nSPS) is 14.5. The van der Waals surface area contributed by atoms with E-state index in [9.17, 15) is 9.90 Å². The fourth-order valence-electron chi connectivity index (χ4n) is 2.07. The first-order valence-corrected chi connectivity index (χ1v) is 6.91. The lowest BCUT2D eigenvalue weighted by atomic mass is 9.94. The molecule has 1 aromatic rings. The van der Waals surface area contributed by atoms with Crippen molar-refractivity contribution in [2.24, 2.45) is 13.0 Å². The summed E-state index contributed by atoms with van der Waals surface area (Å²) in [6.07, 6.45) is 0.613. The van der Waals surface area contributed by atoms with E-state index in [-0.39, 0.29) is 12.5 Å². The number of amides is 1. The van der Waals surface area contributed by atoms with Crippen LogP contribution < -0.4 is 5.32 Å². The molecule has 0 fully saturated rings. The highest BCUT2D eigenvalue weighted by molar-refractivity contribution is 6.41. The number of aromatic nitrogens is 1. The lowest BCUT2D eigenvalue weighted by Crippen LogP contribution is -2.41. The van der Waals surface area contributed by atoms with Crippen LogP contribution in [0.5, 0.6) is 0 Å². The molecule has 1 unspecified atom stereocenters. The SMILES string of the molecule is CC(C)CC(C)(O)CNC(=O)c1cc(Cl)c(Cl)n1C. The van der Waals surface area contributed by atoms with Gasteiger partial charge in [0.15, 0.2) is 0 Å². The molecule has 1 amide bonds. The molecule has 1 atom stereocenters. The van der Waals surface area contributed by atoms with Gasteiger partial charge in [0.25, 0.3) is 5.91 Å². The lowest BCUT2D eigenvalue weighted by molar-refractivity contribution is 0.0367. The van der Waals surface area contributed by atoms with Crippen molar-refractivity contribution in [1.29, 1.82) is 0 Å². The van der Waals surface area contributed by atoms with E-state index in [0.29, 0.717) is 28.2 Å². The van der Waals surface area contributed by atoms with E-state index in [4.69, 9.17) is 23.2 Å². The molecule has 4 nitrogen and oxygen atoms in total. The predicted octanol–water partition coefficient (Wildman–Crippen LogP) is 2.86. The molecule has 108 valence electrons. The van der Waals surface area contributed by atoms with Crippen molar-refractivity contribution >= 4 is 29.1 Å². The Kier molecular flexibility index (Phi) is 5.30. The molecule has 0 aliphatic rings. The van der Waals surface area contributed by atoms with Gasteiger partial charge in [-0.1, -0.05) is 37.0 Å². The maximum Gasteiger partial charge on any atom is 0.268 e. The highest BCUT2D eigenvalue weighted by Gasteiger charge is 2.24. The van der Waals surface area contributed by atoms with E-state index in [2.05, 4.69) is 5.32 Å². The van der Waals surface area contributed by atoms with Gasteiger partial charge in [0, 0.05) is 13.6 Å². The fraction of sp³-hybridized carbons (Fsp3) is 0.615. The molecule has 0 aliphatic carbocycles. The molecule has 0 bridgehead atoms. The highest BCUT2D eigenvalue weighted by Crippen LogP contribution is 2.25. The third-order valence-corrected chi connectivity index (χ3v) is 3.67. The molecule has 0 saturated carbocycles. The van der Waals surface area contributed by atoms with E-state index in [0.717, 1.165) is 0 Å². The van der Waals surface area contributed by atoms with Crippen LogP contribution in [-0.2, 0) is 7.05 Å². The number of halogens is 2. The zero-order chi connectivity index (χ0) is 14.8. The first kappa shape index (κ1) is 16.3. The summed E-state index contributed by atoms with van der Waals surface area (Å²) in [4.78, 5) is 12.0. The van der Waals surface area contributed by atoms with Gasteiger partial charge >= 0.3 is 0 Å². The van der Waals surface area contributed by atoms with Gasteiger partial charge in [0.05, 0.1) is 10.6 Å². The number of nitrogens with one attached hydrogen (secondary N) is 1. The Balaban J connectivity index is 2.68. The quantitative estimate of drug-likeness (QED) is 0.879. The second-order valence-corrected chi connectivity index (χ2v) is 6.27. The maximum absolute atomic E-state index is 12.0. The zero-order valence-electron chi connectivity index (χ0n) is 11.6. The fourth-order valence-corrected chi connectivity index (χ4v) is 2.45. The van der Waals surface area contributed by atoms with Gasteiger partial charge in [-0.15, -0.1) is 0 Å². The second-order valence-electron chi connectivity index (χ2n) is 5.50. The van der Waals surface area contributed by atoms with Crippen molar-refractivity contribution < 1.29 is 9.90 Å². The van der Waals surface area contributed by atoms with Crippen LogP contribution in [0.2, 0.25) is 10.2 Å². The first-order chi connectivity index (χ1) is 8.64. The van der Waals surface area contributed by atoms with Gasteiger partial charge in [-0.05, 0) is 25.3 Å². The van der Waals surface area contributed by atoms with E-state index in [1.54, 1.807) is 14.0 Å². The van der Waals surface area contributed by atoms with Crippen molar-refractivity contribution in [3.63, 3.8) is 0 Å². The van der Waals surface area contributed by atoms with E-state index in [1.165, 1.54) is 10.6 Å². The van der Waals surface area contributed by atoms with Crippen molar-refractivity contribution in [2.75, 3.05) is 6.54 Å². The van der Waals surface area contributed by atoms with Gasteiger partial charge in [-0.25, -0.2) is 0 Å². The molecule has 0 aliphatic heterocycles. The summed E-state index contributed by atoms with van der Waals surface area (Å²) in [6.45, 7) is 5.93. The van der Waals surface area contributed by atoms with Crippen molar-refractivity contribution in [3.05, 3.63) is 21.9 Å². The third kappa shape index (κ3) is 4.41. The Hall–Kier alpha value is -0.710. The van der Waals surface area contributed by atoms with Gasteiger partial charge in [0.1, 0.15) is 10.8 Å². The Morgan fingerprint density at radius 2 is 2.11 bits per heavy atom. The largest absolute Gasteiger partial charge is 0.388 e. The average Bonchev–Trinajstić information content (AvgIpc) is 2.52. The highest BCUT2D eigenvalue weighted by atomic mass is 35.5. The van der Waals surface area contributed by atoms with Crippen LogP contribution in [-0.4, -0.2) is 27.7 Å². The molecule has 0 aromatic carbocycles. The number of carbonyl (C=O) groups is 1. The molecular weight excluding hydrogens is 287 g/mol. The average molecular weight is 307 g/mol. The van der Waals surface area contributed by atoms with Crippen LogP contribution in [0, 0.1) is 5.92 Å². The summed E-state index contributed by atoms with van der Waals surface area (Å²) < 4.78 is 1.51. The minimum absolute atomic E-state index is 0.185. The Labute approximate surface area is 123 Å². The van der Waals surface area contributed by atoms with Crippen LogP contribution in [0.1, 0.15) is 37.7 Å². The molecule has 19 heavy (non-hydrogen) atoms. The summed E-state index contributed by atoms with van der Waals surface area (Å²) in [5, 5.41) is 13.5. The Bertz CT molecular complexity index is 467. The van der Waals surface area contributed by atoms with Gasteiger partial charge < -0.3 is 15.0 Å². The first-order valence-electron chi connectivity index (χ1n) is 6.15. The minimum atomic E-state index is -0.928. The molecule has 6 heteroatoms. The van der Waals surface area contributed by atoms with Gasteiger partial charge in [-0.3, -0.25) is 4.79 Å². The molecule has 1 aromatic heterocycles. The summed E-state index contributed by atoms with van der Waals surface area (Å²) in [5.74, 6) is 0.0474. The van der Waals surface area contributed by atoms with Crippen LogP contribution >= 0.6 is 23.2 Å². The van der Waals surface area contributed by atoms with E-state index >= 15 is 0 Å². The molecule has 0 radical (unpaired) electrons. The predicted molar refractivity (Wildman–Crippen MR) is 77.8 cm³/mol. The zero-order valence-corrected chi connectivity index (χ0v) is 13.1. The van der Waals surface area contributed by atoms with Gasteiger partial charge in [-0.2, -0.15) is 0 Å². The number of rotatable bonds is 5. The van der Waals surface area contributed by atoms with E-state index < -0.39 is 5.60 Å². The van der Waals surface area contributed by atoms with Crippen LogP contribution in [0.15, 0.2) is 6.07 Å². The standard InChI is InChI=1S/C13H20Cl2N2O2/c1-8(2)6-13(3,19)7-16-12(18)10-5-9(14)11(15)17(10)4/h5,8,19H,6-7H2,1-4H3,(H,16,18).